The number of hydrogen-bond donors (Lipinski definition) is 1. The molecule has 1 amide bonds. The zero-order valence-corrected chi connectivity index (χ0v) is 15.8. The van der Waals surface area contributed by atoms with Crippen molar-refractivity contribution in [1.29, 1.82) is 0 Å². The summed E-state index contributed by atoms with van der Waals surface area (Å²) in [4.78, 5) is 34.9. The lowest BCUT2D eigenvalue weighted by Crippen LogP contribution is -2.27. The molecular formula is C19H20N2O7. The fourth-order valence-electron chi connectivity index (χ4n) is 2.62. The number of carbonyl (C=O) groups excluding carboxylic acids is 2. The van der Waals surface area contributed by atoms with Gasteiger partial charge < -0.3 is 19.5 Å². The molecule has 0 heterocycles. The molecule has 2 rings (SSSR count). The first-order valence-corrected chi connectivity index (χ1v) is 8.21. The normalized spacial score (nSPS) is 11.3. The Morgan fingerprint density at radius 3 is 2.29 bits per heavy atom. The summed E-state index contributed by atoms with van der Waals surface area (Å²) in [6.45, 7) is 1.73. The number of nitro benzene ring substituents is 1. The molecule has 9 nitrogen and oxygen atoms in total. The fraction of sp³-hybridized carbons (Fsp3) is 0.263. The summed E-state index contributed by atoms with van der Waals surface area (Å²) in [7, 11) is 4.17. The van der Waals surface area contributed by atoms with Crippen molar-refractivity contribution in [2.24, 2.45) is 0 Å². The molecule has 0 fully saturated rings. The van der Waals surface area contributed by atoms with Crippen LogP contribution in [0.25, 0.3) is 0 Å². The largest absolute Gasteiger partial charge is 0.497 e. The van der Waals surface area contributed by atoms with E-state index in [1.54, 1.807) is 25.1 Å². The molecule has 0 aliphatic heterocycles. The van der Waals surface area contributed by atoms with E-state index in [9.17, 15) is 19.7 Å². The predicted octanol–water partition coefficient (Wildman–Crippen LogP) is 2.89. The minimum absolute atomic E-state index is 0.0386. The molecule has 1 N–H and O–H groups in total. The fourth-order valence-corrected chi connectivity index (χ4v) is 2.62. The van der Waals surface area contributed by atoms with Gasteiger partial charge in [-0.3, -0.25) is 14.9 Å². The van der Waals surface area contributed by atoms with E-state index in [2.05, 4.69) is 10.1 Å². The number of amides is 1. The second kappa shape index (κ2) is 8.85. The Hall–Kier alpha value is -3.62. The maximum atomic E-state index is 12.7. The molecule has 0 unspecified atom stereocenters. The van der Waals surface area contributed by atoms with Crippen molar-refractivity contribution >= 4 is 17.6 Å². The first kappa shape index (κ1) is 20.7. The minimum Gasteiger partial charge on any atom is -0.497 e. The Bertz CT molecular complexity index is 911. The summed E-state index contributed by atoms with van der Waals surface area (Å²) in [6, 6.07) is 8.04. The molecule has 0 radical (unpaired) electrons. The highest BCUT2D eigenvalue weighted by Gasteiger charge is 2.21. The van der Waals surface area contributed by atoms with Crippen molar-refractivity contribution in [2.45, 2.75) is 13.0 Å². The number of methoxy groups -OCH3 is 3. The van der Waals surface area contributed by atoms with Gasteiger partial charge in [-0.2, -0.15) is 0 Å². The van der Waals surface area contributed by atoms with E-state index >= 15 is 0 Å². The summed E-state index contributed by atoms with van der Waals surface area (Å²) >= 11 is 0. The smallest absolute Gasteiger partial charge is 0.338 e. The summed E-state index contributed by atoms with van der Waals surface area (Å²) in [6.07, 6.45) is 0. The van der Waals surface area contributed by atoms with E-state index in [0.29, 0.717) is 17.1 Å². The van der Waals surface area contributed by atoms with Gasteiger partial charge in [0.15, 0.2) is 0 Å². The molecule has 0 saturated carbocycles. The third-order valence-corrected chi connectivity index (χ3v) is 4.06. The second-order valence-corrected chi connectivity index (χ2v) is 5.82. The summed E-state index contributed by atoms with van der Waals surface area (Å²) in [5.41, 5.74) is 0.144. The molecule has 0 spiro atoms. The highest BCUT2D eigenvalue weighted by molar-refractivity contribution is 5.99. The van der Waals surface area contributed by atoms with Crippen LogP contribution in [0.1, 0.15) is 39.2 Å². The lowest BCUT2D eigenvalue weighted by molar-refractivity contribution is -0.384. The highest BCUT2D eigenvalue weighted by atomic mass is 16.6. The Morgan fingerprint density at radius 1 is 1.04 bits per heavy atom. The minimum atomic E-state index is -0.778. The van der Waals surface area contributed by atoms with E-state index in [1.807, 2.05) is 0 Å². The molecule has 1 atom stereocenters. The van der Waals surface area contributed by atoms with Gasteiger partial charge in [0.25, 0.3) is 11.6 Å². The number of ether oxygens (including phenoxy) is 3. The average molecular weight is 388 g/mol. The van der Waals surface area contributed by atoms with Crippen molar-refractivity contribution in [3.8, 4) is 11.5 Å². The number of non-ortho nitro benzene ring substituents is 1. The monoisotopic (exact) mass is 388 g/mol. The van der Waals surface area contributed by atoms with Crippen LogP contribution in [0.4, 0.5) is 5.69 Å². The van der Waals surface area contributed by atoms with Crippen LogP contribution in [0.5, 0.6) is 11.5 Å². The van der Waals surface area contributed by atoms with Crippen LogP contribution in [0.15, 0.2) is 36.4 Å². The molecule has 28 heavy (non-hydrogen) atoms. The Balaban J connectivity index is 2.35. The number of nitrogens with one attached hydrogen (secondary N) is 1. The van der Waals surface area contributed by atoms with Gasteiger partial charge in [0, 0.05) is 23.3 Å². The zero-order chi connectivity index (χ0) is 20.8. The molecule has 0 saturated heterocycles. The van der Waals surface area contributed by atoms with Crippen molar-refractivity contribution in [1.82, 2.24) is 5.32 Å². The lowest BCUT2D eigenvalue weighted by atomic mass is 10.0. The molecule has 2 aromatic carbocycles. The maximum absolute atomic E-state index is 12.7. The molecule has 9 heteroatoms. The third-order valence-electron chi connectivity index (χ3n) is 4.06. The summed E-state index contributed by atoms with van der Waals surface area (Å²) in [5.74, 6) is -0.241. The van der Waals surface area contributed by atoms with Crippen molar-refractivity contribution < 1.29 is 28.7 Å². The Kier molecular flexibility index (Phi) is 6.54. The van der Waals surface area contributed by atoms with Crippen LogP contribution in [0.3, 0.4) is 0 Å². The molecule has 2 aromatic rings. The van der Waals surface area contributed by atoms with Crippen molar-refractivity contribution in [3.63, 3.8) is 0 Å². The number of esters is 1. The van der Waals surface area contributed by atoms with E-state index in [1.165, 1.54) is 20.3 Å². The van der Waals surface area contributed by atoms with Crippen LogP contribution in [0, 0.1) is 10.1 Å². The average Bonchev–Trinajstić information content (AvgIpc) is 2.71. The maximum Gasteiger partial charge on any atom is 0.338 e. The van der Waals surface area contributed by atoms with Gasteiger partial charge in [0.2, 0.25) is 0 Å². The van der Waals surface area contributed by atoms with E-state index in [-0.39, 0.29) is 16.8 Å². The number of nitrogens with zero attached hydrogens (tertiary/aromatic N) is 1. The first-order valence-electron chi connectivity index (χ1n) is 8.21. The number of rotatable bonds is 7. The summed E-state index contributed by atoms with van der Waals surface area (Å²) < 4.78 is 15.1. The van der Waals surface area contributed by atoms with Crippen molar-refractivity contribution in [2.75, 3.05) is 21.3 Å². The van der Waals surface area contributed by atoms with E-state index in [4.69, 9.17) is 9.47 Å². The molecule has 0 aliphatic rings. The standard InChI is InChI=1S/C19H20N2O7/c1-11(16-10-15(26-2)5-6-17(16)27-3)20-18(22)12-7-13(19(23)28-4)9-14(8-12)21(24)25/h5-11H,1-4H3,(H,20,22)/t11-/m1/s1. The van der Waals surface area contributed by atoms with Crippen LogP contribution < -0.4 is 14.8 Å². The van der Waals surface area contributed by atoms with E-state index in [0.717, 1.165) is 19.2 Å². The topological polar surface area (TPSA) is 117 Å². The van der Waals surface area contributed by atoms with Crippen LogP contribution in [-0.2, 0) is 4.74 Å². The van der Waals surface area contributed by atoms with Gasteiger partial charge in [-0.1, -0.05) is 0 Å². The van der Waals surface area contributed by atoms with Gasteiger partial charge in [0.1, 0.15) is 11.5 Å². The van der Waals surface area contributed by atoms with E-state index < -0.39 is 22.8 Å². The second-order valence-electron chi connectivity index (χ2n) is 5.82. The van der Waals surface area contributed by atoms with Gasteiger partial charge in [0.05, 0.1) is 37.9 Å². The zero-order valence-electron chi connectivity index (χ0n) is 15.8. The third kappa shape index (κ3) is 4.56. The number of hydrogen-bond acceptors (Lipinski definition) is 7. The van der Waals surface area contributed by atoms with Gasteiger partial charge in [-0.25, -0.2) is 4.79 Å². The molecule has 148 valence electrons. The quantitative estimate of drug-likeness (QED) is 0.440. The van der Waals surface area contributed by atoms with Gasteiger partial charge in [-0.15, -0.1) is 0 Å². The molecular weight excluding hydrogens is 368 g/mol. The van der Waals surface area contributed by atoms with Gasteiger partial charge >= 0.3 is 5.97 Å². The summed E-state index contributed by atoms with van der Waals surface area (Å²) in [5, 5.41) is 13.9. The molecule has 0 aliphatic carbocycles. The van der Waals surface area contributed by atoms with Crippen LogP contribution in [0.2, 0.25) is 0 Å². The first-order chi connectivity index (χ1) is 13.3. The van der Waals surface area contributed by atoms with Crippen LogP contribution >= 0.6 is 0 Å². The van der Waals surface area contributed by atoms with Gasteiger partial charge in [-0.05, 0) is 31.2 Å². The number of nitro groups is 1. The molecule has 0 bridgehead atoms. The number of benzene rings is 2. The van der Waals surface area contributed by atoms with Crippen molar-refractivity contribution in [3.05, 3.63) is 63.2 Å². The highest BCUT2D eigenvalue weighted by Crippen LogP contribution is 2.29. The predicted molar refractivity (Wildman–Crippen MR) is 99.9 cm³/mol. The molecule has 0 aromatic heterocycles. The number of carbonyl (C=O) groups is 2. The SMILES string of the molecule is COC(=O)c1cc(C(=O)N[C@H](C)c2cc(OC)ccc2OC)cc([N+](=O)[O-])c1. The van der Waals surface area contributed by atoms with Crippen LogP contribution in [-0.4, -0.2) is 38.1 Å². The lowest BCUT2D eigenvalue weighted by Gasteiger charge is -2.18. The Morgan fingerprint density at radius 2 is 1.71 bits per heavy atom. The Labute approximate surface area is 161 Å².